The van der Waals surface area contributed by atoms with Gasteiger partial charge in [0, 0.05) is 12.5 Å². The van der Waals surface area contributed by atoms with Crippen molar-refractivity contribution in [3.05, 3.63) is 29.7 Å². The van der Waals surface area contributed by atoms with Gasteiger partial charge in [-0.3, -0.25) is 4.40 Å². The fraction of sp³-hybridized carbons (Fsp3) is 0.455. The van der Waals surface area contributed by atoms with Crippen molar-refractivity contribution in [2.75, 3.05) is 12.0 Å². The predicted octanol–water partition coefficient (Wildman–Crippen LogP) is 0.472. The average molecular weight is 268 g/mol. The third kappa shape index (κ3) is 2.85. The van der Waals surface area contributed by atoms with Crippen molar-refractivity contribution in [2.24, 2.45) is 5.73 Å². The number of fused-ring (bicyclic) bond motifs is 1. The van der Waals surface area contributed by atoms with Crippen molar-refractivity contribution in [3.8, 4) is 0 Å². The summed E-state index contributed by atoms with van der Waals surface area (Å²) in [5.41, 5.74) is 7.77. The Labute approximate surface area is 106 Å². The fourth-order valence-electron chi connectivity index (χ4n) is 1.73. The van der Waals surface area contributed by atoms with E-state index in [1.807, 2.05) is 25.3 Å². The smallest absolute Gasteiger partial charge is 0.161 e. The molecule has 98 valence electrons. The number of nitrogens with two attached hydrogens (primary N) is 1. The van der Waals surface area contributed by atoms with Crippen molar-refractivity contribution in [3.63, 3.8) is 0 Å². The summed E-state index contributed by atoms with van der Waals surface area (Å²) in [6, 6.07) is 3.40. The first-order valence-corrected chi connectivity index (χ1v) is 7.67. The molecule has 6 nitrogen and oxygen atoms in total. The van der Waals surface area contributed by atoms with Gasteiger partial charge in [0.15, 0.2) is 11.5 Å². The van der Waals surface area contributed by atoms with Gasteiger partial charge in [0.25, 0.3) is 0 Å². The van der Waals surface area contributed by atoms with Crippen molar-refractivity contribution in [2.45, 2.75) is 19.4 Å². The second-order valence-corrected chi connectivity index (χ2v) is 6.78. The number of aryl methyl sites for hydroxylation is 1. The van der Waals surface area contributed by atoms with Crippen molar-refractivity contribution < 1.29 is 8.42 Å². The minimum Gasteiger partial charge on any atom is -0.321 e. The molecule has 2 heterocycles. The van der Waals surface area contributed by atoms with Crippen LogP contribution in [0.1, 0.15) is 23.9 Å². The average Bonchev–Trinajstić information content (AvgIpc) is 2.67. The van der Waals surface area contributed by atoms with E-state index < -0.39 is 15.9 Å². The summed E-state index contributed by atoms with van der Waals surface area (Å²) < 4.78 is 24.0. The van der Waals surface area contributed by atoms with Crippen molar-refractivity contribution in [1.82, 2.24) is 14.6 Å². The van der Waals surface area contributed by atoms with Gasteiger partial charge in [-0.25, -0.2) is 8.42 Å². The standard InChI is InChI=1S/C11H16N4O2S/c1-8-3-5-15-10(7-8)13-14-11(15)9(12)4-6-18(2,16)17/h3,5,7,9H,4,6,12H2,1-2H3. The second kappa shape index (κ2) is 4.66. The Bertz CT molecular complexity index is 663. The maximum Gasteiger partial charge on any atom is 0.161 e. The SMILES string of the molecule is Cc1ccn2c(C(N)CCS(C)(=O)=O)nnc2c1. The zero-order valence-corrected chi connectivity index (χ0v) is 11.2. The van der Waals surface area contributed by atoms with Crippen LogP contribution in [0.15, 0.2) is 18.3 Å². The third-order valence-electron chi connectivity index (χ3n) is 2.72. The number of nitrogens with zero attached hydrogens (tertiary/aromatic N) is 3. The normalized spacial score (nSPS) is 13.9. The van der Waals surface area contributed by atoms with Crippen LogP contribution in [0, 0.1) is 6.92 Å². The Morgan fingerprint density at radius 1 is 1.44 bits per heavy atom. The van der Waals surface area contributed by atoms with Gasteiger partial charge in [-0.2, -0.15) is 0 Å². The molecule has 7 heteroatoms. The number of aromatic nitrogens is 3. The quantitative estimate of drug-likeness (QED) is 0.870. The highest BCUT2D eigenvalue weighted by Crippen LogP contribution is 2.15. The van der Waals surface area contributed by atoms with E-state index in [-0.39, 0.29) is 5.75 Å². The molecule has 2 rings (SSSR count). The molecule has 0 aliphatic heterocycles. The molecule has 2 aromatic heterocycles. The van der Waals surface area contributed by atoms with E-state index in [0.717, 1.165) is 11.2 Å². The number of pyridine rings is 1. The highest BCUT2D eigenvalue weighted by atomic mass is 32.2. The lowest BCUT2D eigenvalue weighted by Gasteiger charge is -2.08. The molecule has 0 spiro atoms. The van der Waals surface area contributed by atoms with Gasteiger partial charge in [-0.05, 0) is 31.0 Å². The largest absolute Gasteiger partial charge is 0.321 e. The summed E-state index contributed by atoms with van der Waals surface area (Å²) in [6.07, 6.45) is 3.39. The van der Waals surface area contributed by atoms with Gasteiger partial charge in [-0.1, -0.05) is 0 Å². The molecule has 0 bridgehead atoms. The summed E-state index contributed by atoms with van der Waals surface area (Å²) in [6.45, 7) is 1.97. The third-order valence-corrected chi connectivity index (χ3v) is 3.70. The molecule has 0 fully saturated rings. The number of sulfone groups is 1. The minimum atomic E-state index is -3.01. The van der Waals surface area contributed by atoms with Gasteiger partial charge in [-0.15, -0.1) is 10.2 Å². The minimum absolute atomic E-state index is 0.0505. The summed E-state index contributed by atoms with van der Waals surface area (Å²) in [7, 11) is -3.01. The van der Waals surface area contributed by atoms with Crippen molar-refractivity contribution >= 4 is 15.5 Å². The van der Waals surface area contributed by atoms with E-state index in [1.54, 1.807) is 4.40 Å². The molecule has 2 N–H and O–H groups in total. The first-order chi connectivity index (χ1) is 8.37. The predicted molar refractivity (Wildman–Crippen MR) is 69.0 cm³/mol. The highest BCUT2D eigenvalue weighted by Gasteiger charge is 2.16. The fourth-order valence-corrected chi connectivity index (χ4v) is 2.42. The topological polar surface area (TPSA) is 90.3 Å². The lowest BCUT2D eigenvalue weighted by molar-refractivity contribution is 0.585. The molecule has 0 aromatic carbocycles. The van der Waals surface area contributed by atoms with Crippen LogP contribution in [-0.4, -0.2) is 35.0 Å². The van der Waals surface area contributed by atoms with Gasteiger partial charge in [0.1, 0.15) is 9.84 Å². The first kappa shape index (κ1) is 13.0. The lowest BCUT2D eigenvalue weighted by atomic mass is 10.2. The molecule has 0 saturated heterocycles. The van der Waals surface area contributed by atoms with Gasteiger partial charge >= 0.3 is 0 Å². The van der Waals surface area contributed by atoms with Gasteiger partial charge in [0.2, 0.25) is 0 Å². The van der Waals surface area contributed by atoms with Crippen LogP contribution in [0.2, 0.25) is 0 Å². The van der Waals surface area contributed by atoms with E-state index >= 15 is 0 Å². The molecule has 1 atom stereocenters. The van der Waals surface area contributed by atoms with Gasteiger partial charge < -0.3 is 5.73 Å². The van der Waals surface area contributed by atoms with Crippen LogP contribution in [0.3, 0.4) is 0 Å². The Kier molecular flexibility index (Phi) is 3.36. The maximum absolute atomic E-state index is 11.1. The Morgan fingerprint density at radius 2 is 2.17 bits per heavy atom. The van der Waals surface area contributed by atoms with E-state index in [1.165, 1.54) is 6.26 Å². The molecular formula is C11H16N4O2S. The van der Waals surface area contributed by atoms with Gasteiger partial charge in [0.05, 0.1) is 11.8 Å². The van der Waals surface area contributed by atoms with Crippen LogP contribution < -0.4 is 5.73 Å². The number of hydrogen-bond acceptors (Lipinski definition) is 5. The molecule has 0 saturated carbocycles. The monoisotopic (exact) mass is 268 g/mol. The Hall–Kier alpha value is -1.47. The second-order valence-electron chi connectivity index (χ2n) is 4.52. The van der Waals surface area contributed by atoms with Crippen LogP contribution in [0.4, 0.5) is 0 Å². The number of hydrogen-bond donors (Lipinski definition) is 1. The zero-order valence-electron chi connectivity index (χ0n) is 10.4. The molecule has 0 aliphatic carbocycles. The Balaban J connectivity index is 2.25. The molecule has 18 heavy (non-hydrogen) atoms. The molecule has 0 radical (unpaired) electrons. The van der Waals surface area contributed by atoms with Crippen LogP contribution >= 0.6 is 0 Å². The van der Waals surface area contributed by atoms with E-state index in [4.69, 9.17) is 5.73 Å². The molecule has 1 unspecified atom stereocenters. The molecule has 0 amide bonds. The van der Waals surface area contributed by atoms with Crippen LogP contribution in [0.5, 0.6) is 0 Å². The molecule has 2 aromatic rings. The molecule has 0 aliphatic rings. The first-order valence-electron chi connectivity index (χ1n) is 5.61. The van der Waals surface area contributed by atoms with Crippen molar-refractivity contribution in [1.29, 1.82) is 0 Å². The zero-order chi connectivity index (χ0) is 13.3. The van der Waals surface area contributed by atoms with E-state index in [9.17, 15) is 8.42 Å². The lowest BCUT2D eigenvalue weighted by Crippen LogP contribution is -2.18. The summed E-state index contributed by atoms with van der Waals surface area (Å²) >= 11 is 0. The summed E-state index contributed by atoms with van der Waals surface area (Å²) in [5, 5.41) is 8.06. The summed E-state index contributed by atoms with van der Waals surface area (Å²) in [5.74, 6) is 0.642. The Morgan fingerprint density at radius 3 is 2.83 bits per heavy atom. The molecular weight excluding hydrogens is 252 g/mol. The highest BCUT2D eigenvalue weighted by molar-refractivity contribution is 7.90. The van der Waals surface area contributed by atoms with Crippen LogP contribution in [0.25, 0.3) is 5.65 Å². The van der Waals surface area contributed by atoms with Crippen LogP contribution in [-0.2, 0) is 9.84 Å². The van der Waals surface area contributed by atoms with E-state index in [0.29, 0.717) is 12.2 Å². The van der Waals surface area contributed by atoms with E-state index in [2.05, 4.69) is 10.2 Å². The number of rotatable bonds is 4. The maximum atomic E-state index is 11.1. The summed E-state index contributed by atoms with van der Waals surface area (Å²) in [4.78, 5) is 0.